The number of alkyl halides is 2. The highest BCUT2D eigenvalue weighted by Gasteiger charge is 2.41. The molecule has 0 aromatic carbocycles. The second-order valence-electron chi connectivity index (χ2n) is 8.67. The first-order chi connectivity index (χ1) is 13.5. The lowest BCUT2D eigenvalue weighted by Gasteiger charge is -2.34. The second-order valence-corrected chi connectivity index (χ2v) is 8.67. The van der Waals surface area contributed by atoms with Gasteiger partial charge in [0.25, 0.3) is 5.92 Å². The first-order valence-electron chi connectivity index (χ1n) is 10.3. The molecule has 0 radical (unpaired) electrons. The van der Waals surface area contributed by atoms with Gasteiger partial charge >= 0.3 is 0 Å². The molecular weight excluding hydrogens is 360 g/mol. The zero-order chi connectivity index (χ0) is 19.3. The molecule has 7 heteroatoms. The van der Waals surface area contributed by atoms with Gasteiger partial charge < -0.3 is 5.32 Å². The van der Waals surface area contributed by atoms with E-state index in [-0.39, 0.29) is 13.0 Å². The molecule has 0 spiro atoms. The lowest BCUT2D eigenvalue weighted by molar-refractivity contribution is 0.00517. The Hall–Kier alpha value is -2.02. The van der Waals surface area contributed by atoms with Crippen LogP contribution in [-0.2, 0) is 7.05 Å². The van der Waals surface area contributed by atoms with Crippen LogP contribution in [0.15, 0.2) is 24.7 Å². The Kier molecular flexibility index (Phi) is 4.38. The van der Waals surface area contributed by atoms with Crippen molar-refractivity contribution in [2.45, 2.75) is 55.9 Å². The summed E-state index contributed by atoms with van der Waals surface area (Å²) in [4.78, 5) is 6.70. The fourth-order valence-corrected chi connectivity index (χ4v) is 5.21. The molecule has 3 aliphatic rings. The molecule has 5 nitrogen and oxygen atoms in total. The molecule has 1 unspecified atom stereocenters. The normalized spacial score (nSPS) is 29.6. The van der Waals surface area contributed by atoms with Crippen molar-refractivity contribution in [1.29, 1.82) is 0 Å². The second kappa shape index (κ2) is 6.79. The smallest absolute Gasteiger partial charge is 0.261 e. The van der Waals surface area contributed by atoms with Crippen molar-refractivity contribution in [2.75, 3.05) is 25.0 Å². The summed E-state index contributed by atoms with van der Waals surface area (Å²) in [7, 11) is 1.94. The van der Waals surface area contributed by atoms with Gasteiger partial charge in [0.2, 0.25) is 0 Å². The van der Waals surface area contributed by atoms with Gasteiger partial charge in [0.15, 0.2) is 0 Å². The van der Waals surface area contributed by atoms with Gasteiger partial charge in [-0.1, -0.05) is 0 Å². The third-order valence-electron chi connectivity index (χ3n) is 6.80. The van der Waals surface area contributed by atoms with Crippen LogP contribution in [-0.4, -0.2) is 51.3 Å². The van der Waals surface area contributed by atoms with Crippen molar-refractivity contribution in [2.24, 2.45) is 7.05 Å². The molecule has 2 aliphatic heterocycles. The summed E-state index contributed by atoms with van der Waals surface area (Å²) in [5, 5.41) is 7.73. The summed E-state index contributed by atoms with van der Waals surface area (Å²) < 4.78 is 28.9. The van der Waals surface area contributed by atoms with Crippen molar-refractivity contribution < 1.29 is 8.78 Å². The molecule has 2 aromatic heterocycles. The molecule has 28 heavy (non-hydrogen) atoms. The zero-order valence-electron chi connectivity index (χ0n) is 16.2. The van der Waals surface area contributed by atoms with E-state index in [0.717, 1.165) is 38.0 Å². The van der Waals surface area contributed by atoms with Gasteiger partial charge in [-0.3, -0.25) is 9.58 Å². The number of hydrogen-bond donors (Lipinski definition) is 1. The molecule has 0 bridgehead atoms. The Bertz CT molecular complexity index is 856. The Morgan fingerprint density at radius 3 is 2.64 bits per heavy atom. The molecule has 4 heterocycles. The van der Waals surface area contributed by atoms with E-state index >= 15 is 0 Å². The third kappa shape index (κ3) is 3.30. The molecule has 150 valence electrons. The van der Waals surface area contributed by atoms with Gasteiger partial charge in [0.1, 0.15) is 5.82 Å². The Morgan fingerprint density at radius 2 is 1.96 bits per heavy atom. The molecule has 1 N–H and O–H groups in total. The summed E-state index contributed by atoms with van der Waals surface area (Å²) in [6, 6.07) is 2.63. The summed E-state index contributed by atoms with van der Waals surface area (Å²) in [6.45, 7) is 1.34. The average molecular weight is 387 g/mol. The Labute approximate surface area is 164 Å². The standard InChI is InChI=1S/C21H27F2N5/c1-27-12-16(10-26-27)19-11-25-20-18(19)8-15(9-24-20)14-2-4-17(5-3-14)28-7-6-21(22,23)13-28/h8-10,12,14,17,19H,2-7,11,13H2,1H3,(H,24,25). The Morgan fingerprint density at radius 1 is 1.14 bits per heavy atom. The molecule has 5 rings (SSSR count). The fraction of sp³-hybridized carbons (Fsp3) is 0.619. The minimum atomic E-state index is -2.49. The zero-order valence-corrected chi connectivity index (χ0v) is 16.2. The number of likely N-dealkylation sites (tertiary alicyclic amines) is 1. The van der Waals surface area contributed by atoms with Crippen LogP contribution in [0.2, 0.25) is 0 Å². The number of anilines is 1. The topological polar surface area (TPSA) is 46.0 Å². The first kappa shape index (κ1) is 18.0. The molecular formula is C21H27F2N5. The van der Waals surface area contributed by atoms with Crippen LogP contribution in [0.1, 0.15) is 60.6 Å². The van der Waals surface area contributed by atoms with Gasteiger partial charge in [0.05, 0.1) is 12.7 Å². The van der Waals surface area contributed by atoms with Gasteiger partial charge in [0, 0.05) is 56.5 Å². The number of nitrogens with zero attached hydrogens (tertiary/aromatic N) is 4. The largest absolute Gasteiger partial charge is 0.369 e. The highest BCUT2D eigenvalue weighted by Crippen LogP contribution is 2.41. The number of rotatable bonds is 3. The van der Waals surface area contributed by atoms with E-state index < -0.39 is 5.92 Å². The van der Waals surface area contributed by atoms with E-state index in [9.17, 15) is 8.78 Å². The van der Waals surface area contributed by atoms with E-state index in [2.05, 4.69) is 27.7 Å². The number of fused-ring (bicyclic) bond motifs is 1. The summed E-state index contributed by atoms with van der Waals surface area (Å²) in [5.74, 6) is -0.744. The monoisotopic (exact) mass is 387 g/mol. The molecule has 1 saturated heterocycles. The predicted octanol–water partition coefficient (Wildman–Crippen LogP) is 3.74. The maximum atomic E-state index is 13.5. The molecule has 1 atom stereocenters. The molecule has 2 fully saturated rings. The number of halogens is 2. The number of nitrogens with one attached hydrogen (secondary N) is 1. The van der Waals surface area contributed by atoms with E-state index in [1.807, 2.05) is 29.0 Å². The van der Waals surface area contributed by atoms with Crippen LogP contribution in [0, 0.1) is 0 Å². The number of hydrogen-bond acceptors (Lipinski definition) is 4. The van der Waals surface area contributed by atoms with Crippen molar-refractivity contribution in [3.63, 3.8) is 0 Å². The van der Waals surface area contributed by atoms with Gasteiger partial charge in [-0.25, -0.2) is 13.8 Å². The predicted molar refractivity (Wildman–Crippen MR) is 104 cm³/mol. The quantitative estimate of drug-likeness (QED) is 0.872. The highest BCUT2D eigenvalue weighted by atomic mass is 19.3. The van der Waals surface area contributed by atoms with E-state index in [4.69, 9.17) is 0 Å². The lowest BCUT2D eigenvalue weighted by atomic mass is 9.81. The number of pyridine rings is 1. The summed E-state index contributed by atoms with van der Waals surface area (Å²) in [5.41, 5.74) is 3.76. The van der Waals surface area contributed by atoms with Crippen LogP contribution >= 0.6 is 0 Å². The van der Waals surface area contributed by atoms with Crippen molar-refractivity contribution >= 4 is 5.82 Å². The van der Waals surface area contributed by atoms with Crippen LogP contribution in [0.3, 0.4) is 0 Å². The number of aryl methyl sites for hydroxylation is 1. The van der Waals surface area contributed by atoms with Crippen LogP contribution in [0.25, 0.3) is 0 Å². The Balaban J connectivity index is 1.28. The lowest BCUT2D eigenvalue weighted by Crippen LogP contribution is -2.37. The molecule has 0 amide bonds. The minimum Gasteiger partial charge on any atom is -0.369 e. The van der Waals surface area contributed by atoms with Crippen molar-refractivity contribution in [3.8, 4) is 0 Å². The third-order valence-corrected chi connectivity index (χ3v) is 6.80. The van der Waals surface area contributed by atoms with Crippen LogP contribution in [0.4, 0.5) is 14.6 Å². The van der Waals surface area contributed by atoms with Crippen molar-refractivity contribution in [3.05, 3.63) is 41.3 Å². The first-order valence-corrected chi connectivity index (χ1v) is 10.3. The SMILES string of the molecule is Cn1cc(C2CNc3ncc(C4CCC(N5CCC(F)(F)C5)CC4)cc32)cn1. The molecule has 2 aromatic rings. The summed E-state index contributed by atoms with van der Waals surface area (Å²) >= 11 is 0. The minimum absolute atomic E-state index is 0.0183. The fourth-order valence-electron chi connectivity index (χ4n) is 5.21. The van der Waals surface area contributed by atoms with Gasteiger partial charge in [-0.15, -0.1) is 0 Å². The maximum Gasteiger partial charge on any atom is 0.261 e. The van der Waals surface area contributed by atoms with Gasteiger partial charge in [-0.05, 0) is 48.8 Å². The number of aromatic nitrogens is 3. The van der Waals surface area contributed by atoms with E-state index in [1.165, 1.54) is 16.7 Å². The summed E-state index contributed by atoms with van der Waals surface area (Å²) in [6.07, 6.45) is 10.1. The van der Waals surface area contributed by atoms with E-state index in [0.29, 0.717) is 24.4 Å². The highest BCUT2D eigenvalue weighted by molar-refractivity contribution is 5.56. The van der Waals surface area contributed by atoms with Crippen LogP contribution in [0.5, 0.6) is 0 Å². The maximum absolute atomic E-state index is 13.5. The average Bonchev–Trinajstić information content (AvgIpc) is 3.39. The molecule has 1 saturated carbocycles. The van der Waals surface area contributed by atoms with Crippen LogP contribution < -0.4 is 5.32 Å². The van der Waals surface area contributed by atoms with Gasteiger partial charge in [-0.2, -0.15) is 5.10 Å². The van der Waals surface area contributed by atoms with E-state index in [1.54, 1.807) is 0 Å². The molecule has 1 aliphatic carbocycles. The van der Waals surface area contributed by atoms with Crippen molar-refractivity contribution in [1.82, 2.24) is 19.7 Å².